The summed E-state index contributed by atoms with van der Waals surface area (Å²) < 4.78 is 5.62. The summed E-state index contributed by atoms with van der Waals surface area (Å²) in [5.74, 6) is 1.74. The molecule has 104 valence electrons. The molecule has 0 amide bonds. The van der Waals surface area contributed by atoms with Gasteiger partial charge >= 0.3 is 0 Å². The molecule has 0 spiro atoms. The van der Waals surface area contributed by atoms with Crippen LogP contribution in [0, 0.1) is 5.92 Å². The largest absolute Gasteiger partial charge is 0.492 e. The van der Waals surface area contributed by atoms with E-state index >= 15 is 0 Å². The topological polar surface area (TPSA) is 38.5 Å². The average Bonchev–Trinajstić information content (AvgIpc) is 2.85. The van der Waals surface area contributed by atoms with E-state index in [0.717, 1.165) is 23.4 Å². The molecule has 1 aliphatic carbocycles. The standard InChI is InChI=1S/C16H24N2O/c1-2-19-16-11-13(7-8-14(16)17)18-10-9-12-5-3-4-6-15(12)18/h7-8,11-12,15H,2-6,9-10,17H2,1H3. The van der Waals surface area contributed by atoms with Crippen molar-refractivity contribution in [2.45, 2.75) is 45.1 Å². The van der Waals surface area contributed by atoms with Gasteiger partial charge in [0.25, 0.3) is 0 Å². The molecule has 2 fully saturated rings. The number of hydrogen-bond acceptors (Lipinski definition) is 3. The van der Waals surface area contributed by atoms with E-state index in [0.29, 0.717) is 6.61 Å². The lowest BCUT2D eigenvalue weighted by molar-refractivity contribution is 0.338. The highest BCUT2D eigenvalue weighted by Crippen LogP contribution is 2.40. The third-order valence-corrected chi connectivity index (χ3v) is 4.64. The average molecular weight is 260 g/mol. The Balaban J connectivity index is 1.83. The summed E-state index contributed by atoms with van der Waals surface area (Å²) in [4.78, 5) is 2.58. The molecule has 2 aliphatic rings. The van der Waals surface area contributed by atoms with Crippen LogP contribution in [0.4, 0.5) is 11.4 Å². The second-order valence-corrected chi connectivity index (χ2v) is 5.75. The van der Waals surface area contributed by atoms with E-state index in [9.17, 15) is 0 Å². The number of nitrogen functional groups attached to an aromatic ring is 1. The van der Waals surface area contributed by atoms with Crippen LogP contribution in [0.2, 0.25) is 0 Å². The monoisotopic (exact) mass is 260 g/mol. The number of fused-ring (bicyclic) bond motifs is 1. The van der Waals surface area contributed by atoms with Crippen LogP contribution in [0.5, 0.6) is 5.75 Å². The van der Waals surface area contributed by atoms with Crippen molar-refractivity contribution in [3.63, 3.8) is 0 Å². The van der Waals surface area contributed by atoms with Crippen molar-refractivity contribution in [3.8, 4) is 5.75 Å². The highest BCUT2D eigenvalue weighted by atomic mass is 16.5. The van der Waals surface area contributed by atoms with E-state index < -0.39 is 0 Å². The minimum Gasteiger partial charge on any atom is -0.492 e. The van der Waals surface area contributed by atoms with Crippen LogP contribution in [-0.4, -0.2) is 19.2 Å². The fraction of sp³-hybridized carbons (Fsp3) is 0.625. The van der Waals surface area contributed by atoms with Crippen LogP contribution >= 0.6 is 0 Å². The summed E-state index contributed by atoms with van der Waals surface area (Å²) in [6, 6.07) is 6.99. The van der Waals surface area contributed by atoms with Gasteiger partial charge in [0, 0.05) is 24.3 Å². The number of rotatable bonds is 3. The van der Waals surface area contributed by atoms with Gasteiger partial charge in [0.05, 0.1) is 12.3 Å². The molecule has 1 aliphatic heterocycles. The summed E-state index contributed by atoms with van der Waals surface area (Å²) in [5, 5.41) is 0. The van der Waals surface area contributed by atoms with Crippen molar-refractivity contribution in [1.29, 1.82) is 0 Å². The molecule has 2 unspecified atom stereocenters. The molecule has 2 N–H and O–H groups in total. The molecule has 1 aromatic carbocycles. The zero-order valence-corrected chi connectivity index (χ0v) is 11.8. The molecular weight excluding hydrogens is 236 g/mol. The predicted molar refractivity (Wildman–Crippen MR) is 79.7 cm³/mol. The van der Waals surface area contributed by atoms with Gasteiger partial charge < -0.3 is 15.4 Å². The first-order valence-electron chi connectivity index (χ1n) is 7.58. The van der Waals surface area contributed by atoms with Crippen molar-refractivity contribution in [2.75, 3.05) is 23.8 Å². The number of nitrogens with zero attached hydrogens (tertiary/aromatic N) is 1. The van der Waals surface area contributed by atoms with Gasteiger partial charge in [0.2, 0.25) is 0 Å². The molecular formula is C16H24N2O. The van der Waals surface area contributed by atoms with E-state index in [4.69, 9.17) is 10.5 Å². The molecule has 3 heteroatoms. The Labute approximate surface area is 115 Å². The van der Waals surface area contributed by atoms with Crippen molar-refractivity contribution in [3.05, 3.63) is 18.2 Å². The molecule has 1 saturated carbocycles. The maximum absolute atomic E-state index is 5.96. The molecule has 0 bridgehead atoms. The van der Waals surface area contributed by atoms with Crippen LogP contribution in [0.15, 0.2) is 18.2 Å². The normalized spacial score (nSPS) is 26.3. The quantitative estimate of drug-likeness (QED) is 0.846. The Morgan fingerprint density at radius 3 is 2.95 bits per heavy atom. The summed E-state index contributed by atoms with van der Waals surface area (Å²) in [6.45, 7) is 3.85. The minimum atomic E-state index is 0.666. The SMILES string of the molecule is CCOc1cc(N2CCC3CCCCC32)ccc1N. The van der Waals surface area contributed by atoms with E-state index in [2.05, 4.69) is 17.0 Å². The molecule has 1 saturated heterocycles. The van der Waals surface area contributed by atoms with Crippen molar-refractivity contribution < 1.29 is 4.74 Å². The number of anilines is 2. The Morgan fingerprint density at radius 1 is 1.26 bits per heavy atom. The molecule has 3 rings (SSSR count). The van der Waals surface area contributed by atoms with Gasteiger partial charge in [-0.05, 0) is 44.2 Å². The van der Waals surface area contributed by atoms with Crippen LogP contribution in [-0.2, 0) is 0 Å². The lowest BCUT2D eigenvalue weighted by Gasteiger charge is -2.33. The smallest absolute Gasteiger partial charge is 0.144 e. The van der Waals surface area contributed by atoms with Crippen LogP contribution < -0.4 is 15.4 Å². The molecule has 1 heterocycles. The first kappa shape index (κ1) is 12.6. The van der Waals surface area contributed by atoms with Crippen LogP contribution in [0.1, 0.15) is 39.0 Å². The molecule has 3 nitrogen and oxygen atoms in total. The number of ether oxygens (including phenoxy) is 1. The van der Waals surface area contributed by atoms with Crippen molar-refractivity contribution in [1.82, 2.24) is 0 Å². The van der Waals surface area contributed by atoms with Crippen LogP contribution in [0.3, 0.4) is 0 Å². The molecule has 0 aromatic heterocycles. The first-order valence-corrected chi connectivity index (χ1v) is 7.58. The van der Waals surface area contributed by atoms with Gasteiger partial charge in [-0.3, -0.25) is 0 Å². The maximum Gasteiger partial charge on any atom is 0.144 e. The Bertz CT molecular complexity index is 446. The molecule has 0 radical (unpaired) electrons. The van der Waals surface area contributed by atoms with E-state index in [1.165, 1.54) is 44.3 Å². The summed E-state index contributed by atoms with van der Waals surface area (Å²) in [6.07, 6.45) is 6.90. The Hall–Kier alpha value is -1.38. The zero-order chi connectivity index (χ0) is 13.2. The highest BCUT2D eigenvalue weighted by molar-refractivity contribution is 5.63. The predicted octanol–water partition coefficient (Wildman–Crippen LogP) is 3.44. The second-order valence-electron chi connectivity index (χ2n) is 5.75. The third-order valence-electron chi connectivity index (χ3n) is 4.64. The Morgan fingerprint density at radius 2 is 2.11 bits per heavy atom. The summed E-state index contributed by atoms with van der Waals surface area (Å²) >= 11 is 0. The zero-order valence-electron chi connectivity index (χ0n) is 11.8. The molecule has 1 aromatic rings. The van der Waals surface area contributed by atoms with Gasteiger partial charge in [-0.1, -0.05) is 12.8 Å². The summed E-state index contributed by atoms with van der Waals surface area (Å²) in [5.41, 5.74) is 7.99. The van der Waals surface area contributed by atoms with Crippen molar-refractivity contribution >= 4 is 11.4 Å². The third kappa shape index (κ3) is 2.38. The fourth-order valence-corrected chi connectivity index (χ4v) is 3.71. The van der Waals surface area contributed by atoms with E-state index in [1.54, 1.807) is 0 Å². The van der Waals surface area contributed by atoms with E-state index in [1.807, 2.05) is 13.0 Å². The van der Waals surface area contributed by atoms with Crippen molar-refractivity contribution in [2.24, 2.45) is 5.92 Å². The fourth-order valence-electron chi connectivity index (χ4n) is 3.71. The second kappa shape index (κ2) is 5.32. The number of nitrogens with two attached hydrogens (primary N) is 1. The van der Waals surface area contributed by atoms with Gasteiger partial charge in [-0.15, -0.1) is 0 Å². The molecule has 2 atom stereocenters. The van der Waals surface area contributed by atoms with Gasteiger partial charge in [-0.25, -0.2) is 0 Å². The van der Waals surface area contributed by atoms with Gasteiger partial charge in [0.1, 0.15) is 5.75 Å². The van der Waals surface area contributed by atoms with Gasteiger partial charge in [0.15, 0.2) is 0 Å². The number of hydrogen-bond donors (Lipinski definition) is 1. The number of benzene rings is 1. The van der Waals surface area contributed by atoms with Gasteiger partial charge in [-0.2, -0.15) is 0 Å². The minimum absolute atomic E-state index is 0.666. The lowest BCUT2D eigenvalue weighted by atomic mass is 9.85. The summed E-state index contributed by atoms with van der Waals surface area (Å²) in [7, 11) is 0. The first-order chi connectivity index (χ1) is 9.29. The molecule has 19 heavy (non-hydrogen) atoms. The lowest BCUT2D eigenvalue weighted by Crippen LogP contribution is -2.34. The Kier molecular flexibility index (Phi) is 3.54. The van der Waals surface area contributed by atoms with Crippen LogP contribution in [0.25, 0.3) is 0 Å². The maximum atomic E-state index is 5.96. The highest BCUT2D eigenvalue weighted by Gasteiger charge is 2.35. The van der Waals surface area contributed by atoms with E-state index in [-0.39, 0.29) is 0 Å².